The van der Waals surface area contributed by atoms with E-state index in [0.717, 1.165) is 25.2 Å². The molecule has 1 aliphatic rings. The van der Waals surface area contributed by atoms with Gasteiger partial charge in [-0.1, -0.05) is 0 Å². The lowest BCUT2D eigenvalue weighted by Crippen LogP contribution is -2.30. The maximum atomic E-state index is 11.7. The van der Waals surface area contributed by atoms with E-state index in [1.807, 2.05) is 12.1 Å². The van der Waals surface area contributed by atoms with Crippen LogP contribution in [0.25, 0.3) is 0 Å². The van der Waals surface area contributed by atoms with Crippen LogP contribution >= 0.6 is 0 Å². The molecule has 0 spiro atoms. The highest BCUT2D eigenvalue weighted by Gasteiger charge is 2.10. The van der Waals surface area contributed by atoms with Gasteiger partial charge in [0.1, 0.15) is 0 Å². The highest BCUT2D eigenvalue weighted by Crippen LogP contribution is 2.21. The molecule has 1 aromatic rings. The lowest BCUT2D eigenvalue weighted by molar-refractivity contribution is 0.194. The van der Waals surface area contributed by atoms with Crippen LogP contribution in [0.4, 0.5) is 16.2 Å². The highest BCUT2D eigenvalue weighted by atomic mass is 16.5. The Balaban J connectivity index is 1.77. The van der Waals surface area contributed by atoms with Crippen molar-refractivity contribution in [2.45, 2.75) is 25.7 Å². The van der Waals surface area contributed by atoms with Crippen molar-refractivity contribution >= 4 is 17.4 Å². The van der Waals surface area contributed by atoms with Gasteiger partial charge in [0, 0.05) is 44.7 Å². The average Bonchev–Trinajstić information content (AvgIpc) is 2.53. The number of hydrogen-bond acceptors (Lipinski definition) is 3. The standard InChI is InChI=1S/C16H25N3O2/c1-21-13-5-10-17-16(20)18-14-6-8-15(9-7-14)19-11-3-2-4-12-19/h6-9H,2-5,10-13H2,1H3,(H2,17,18,20). The first-order chi connectivity index (χ1) is 10.3. The third kappa shape index (κ3) is 5.27. The van der Waals surface area contributed by atoms with Crippen LogP contribution in [-0.2, 0) is 4.74 Å². The molecule has 0 radical (unpaired) electrons. The van der Waals surface area contributed by atoms with Gasteiger partial charge in [-0.3, -0.25) is 0 Å². The first kappa shape index (κ1) is 15.6. The largest absolute Gasteiger partial charge is 0.385 e. The average molecular weight is 291 g/mol. The monoisotopic (exact) mass is 291 g/mol. The fourth-order valence-corrected chi connectivity index (χ4v) is 2.50. The number of carbonyl (C=O) groups is 1. The summed E-state index contributed by atoms with van der Waals surface area (Å²) >= 11 is 0. The summed E-state index contributed by atoms with van der Waals surface area (Å²) in [6.07, 6.45) is 4.69. The Bertz CT molecular complexity index is 428. The van der Waals surface area contributed by atoms with Gasteiger partial charge in [-0.05, 0) is 49.9 Å². The van der Waals surface area contributed by atoms with Crippen molar-refractivity contribution in [2.24, 2.45) is 0 Å². The molecular weight excluding hydrogens is 266 g/mol. The molecule has 1 aliphatic heterocycles. The van der Waals surface area contributed by atoms with Gasteiger partial charge < -0.3 is 20.3 Å². The van der Waals surface area contributed by atoms with Crippen molar-refractivity contribution in [3.8, 4) is 0 Å². The Morgan fingerprint density at radius 1 is 1.19 bits per heavy atom. The third-order valence-electron chi connectivity index (χ3n) is 3.66. The number of nitrogens with one attached hydrogen (secondary N) is 2. The lowest BCUT2D eigenvalue weighted by Gasteiger charge is -2.28. The van der Waals surface area contributed by atoms with E-state index in [1.165, 1.54) is 24.9 Å². The molecule has 0 saturated carbocycles. The summed E-state index contributed by atoms with van der Waals surface area (Å²) in [4.78, 5) is 14.1. The van der Waals surface area contributed by atoms with E-state index in [-0.39, 0.29) is 6.03 Å². The number of amides is 2. The van der Waals surface area contributed by atoms with Crippen LogP contribution in [-0.4, -0.2) is 39.4 Å². The van der Waals surface area contributed by atoms with Crippen molar-refractivity contribution in [1.29, 1.82) is 0 Å². The number of carbonyl (C=O) groups excluding carboxylic acids is 1. The molecule has 0 atom stereocenters. The van der Waals surface area contributed by atoms with Crippen molar-refractivity contribution < 1.29 is 9.53 Å². The normalized spacial score (nSPS) is 14.8. The molecule has 21 heavy (non-hydrogen) atoms. The molecule has 1 saturated heterocycles. The molecule has 1 fully saturated rings. The Morgan fingerprint density at radius 3 is 2.57 bits per heavy atom. The third-order valence-corrected chi connectivity index (χ3v) is 3.66. The van der Waals surface area contributed by atoms with Crippen molar-refractivity contribution in [3.05, 3.63) is 24.3 Å². The van der Waals surface area contributed by atoms with Gasteiger partial charge in [-0.25, -0.2) is 4.79 Å². The maximum absolute atomic E-state index is 11.7. The summed E-state index contributed by atoms with van der Waals surface area (Å²) in [5, 5.41) is 5.64. The van der Waals surface area contributed by atoms with Crippen LogP contribution in [0.15, 0.2) is 24.3 Å². The molecule has 0 aliphatic carbocycles. The number of benzene rings is 1. The lowest BCUT2D eigenvalue weighted by atomic mass is 10.1. The summed E-state index contributed by atoms with van der Waals surface area (Å²) in [6.45, 7) is 3.54. The fourth-order valence-electron chi connectivity index (χ4n) is 2.50. The summed E-state index contributed by atoms with van der Waals surface area (Å²) in [7, 11) is 1.66. The van der Waals surface area contributed by atoms with Crippen molar-refractivity contribution in [3.63, 3.8) is 0 Å². The van der Waals surface area contributed by atoms with E-state index >= 15 is 0 Å². The molecule has 5 nitrogen and oxygen atoms in total. The number of urea groups is 1. The second kappa shape index (κ2) is 8.52. The Kier molecular flexibility index (Phi) is 6.34. The molecule has 2 rings (SSSR count). The summed E-state index contributed by atoms with van der Waals surface area (Å²) in [6, 6.07) is 7.89. The molecule has 116 valence electrons. The minimum atomic E-state index is -0.170. The zero-order valence-electron chi connectivity index (χ0n) is 12.7. The number of ether oxygens (including phenoxy) is 1. The van der Waals surface area contributed by atoms with Gasteiger partial charge >= 0.3 is 6.03 Å². The van der Waals surface area contributed by atoms with Gasteiger partial charge in [0.05, 0.1) is 0 Å². The van der Waals surface area contributed by atoms with Gasteiger partial charge in [0.25, 0.3) is 0 Å². The molecule has 2 N–H and O–H groups in total. The summed E-state index contributed by atoms with van der Waals surface area (Å²) in [5.41, 5.74) is 2.06. The molecular formula is C16H25N3O2. The number of nitrogens with zero attached hydrogens (tertiary/aromatic N) is 1. The molecule has 0 bridgehead atoms. The van der Waals surface area contributed by atoms with E-state index in [0.29, 0.717) is 13.2 Å². The van der Waals surface area contributed by atoms with E-state index in [9.17, 15) is 4.79 Å². The Morgan fingerprint density at radius 2 is 1.90 bits per heavy atom. The van der Waals surface area contributed by atoms with Gasteiger partial charge in [0.15, 0.2) is 0 Å². The number of methoxy groups -OCH3 is 1. The quantitative estimate of drug-likeness (QED) is 0.792. The van der Waals surface area contributed by atoms with Crippen molar-refractivity contribution in [1.82, 2.24) is 5.32 Å². The van der Waals surface area contributed by atoms with Crippen LogP contribution in [0.2, 0.25) is 0 Å². The number of anilines is 2. The highest BCUT2D eigenvalue weighted by molar-refractivity contribution is 5.89. The Labute approximate surface area is 126 Å². The van der Waals surface area contributed by atoms with E-state index < -0.39 is 0 Å². The topological polar surface area (TPSA) is 53.6 Å². The molecule has 1 heterocycles. The van der Waals surface area contributed by atoms with E-state index in [4.69, 9.17) is 4.74 Å². The van der Waals surface area contributed by atoms with Gasteiger partial charge in [0.2, 0.25) is 0 Å². The maximum Gasteiger partial charge on any atom is 0.319 e. The van der Waals surface area contributed by atoms with Crippen LogP contribution < -0.4 is 15.5 Å². The zero-order chi connectivity index (χ0) is 14.9. The van der Waals surface area contributed by atoms with E-state index in [2.05, 4.69) is 27.7 Å². The molecule has 0 aromatic heterocycles. The number of hydrogen-bond donors (Lipinski definition) is 2. The Hall–Kier alpha value is -1.75. The number of rotatable bonds is 6. The first-order valence-electron chi connectivity index (χ1n) is 7.68. The minimum Gasteiger partial charge on any atom is -0.385 e. The predicted molar refractivity (Wildman–Crippen MR) is 86.0 cm³/mol. The fraction of sp³-hybridized carbons (Fsp3) is 0.562. The smallest absolute Gasteiger partial charge is 0.319 e. The van der Waals surface area contributed by atoms with Crippen LogP contribution in [0, 0.1) is 0 Å². The SMILES string of the molecule is COCCCNC(=O)Nc1ccc(N2CCCCC2)cc1. The van der Waals surface area contributed by atoms with Crippen LogP contribution in [0.1, 0.15) is 25.7 Å². The van der Waals surface area contributed by atoms with E-state index in [1.54, 1.807) is 7.11 Å². The van der Waals surface area contributed by atoms with Gasteiger partial charge in [-0.2, -0.15) is 0 Å². The van der Waals surface area contributed by atoms with Gasteiger partial charge in [-0.15, -0.1) is 0 Å². The van der Waals surface area contributed by atoms with Crippen LogP contribution in [0.5, 0.6) is 0 Å². The second-order valence-corrected chi connectivity index (χ2v) is 5.32. The van der Waals surface area contributed by atoms with Crippen LogP contribution in [0.3, 0.4) is 0 Å². The first-order valence-corrected chi connectivity index (χ1v) is 7.68. The molecule has 1 aromatic carbocycles. The molecule has 2 amide bonds. The molecule has 5 heteroatoms. The zero-order valence-corrected chi connectivity index (χ0v) is 12.7. The molecule has 0 unspecified atom stereocenters. The second-order valence-electron chi connectivity index (χ2n) is 5.32. The summed E-state index contributed by atoms with van der Waals surface area (Å²) < 4.78 is 4.94. The minimum absolute atomic E-state index is 0.170. The summed E-state index contributed by atoms with van der Waals surface area (Å²) in [5.74, 6) is 0. The number of piperidine rings is 1. The van der Waals surface area contributed by atoms with Crippen molar-refractivity contribution in [2.75, 3.05) is 43.6 Å². The predicted octanol–water partition coefficient (Wildman–Crippen LogP) is 2.83.